The molecule has 3 nitrogen and oxygen atoms in total. The van der Waals surface area contributed by atoms with Crippen LogP contribution in [-0.2, 0) is 0 Å². The Morgan fingerprint density at radius 3 is 2.60 bits per heavy atom. The van der Waals surface area contributed by atoms with Crippen molar-refractivity contribution in [2.45, 2.75) is 19.4 Å². The third kappa shape index (κ3) is 2.91. The van der Waals surface area contributed by atoms with Crippen molar-refractivity contribution >= 4 is 0 Å². The first-order valence-corrected chi connectivity index (χ1v) is 4.83. The Kier molecular flexibility index (Phi) is 4.05. The van der Waals surface area contributed by atoms with Crippen LogP contribution in [0.1, 0.15) is 25.0 Å². The van der Waals surface area contributed by atoms with Gasteiger partial charge in [-0.05, 0) is 30.0 Å². The van der Waals surface area contributed by atoms with Crippen LogP contribution in [0.15, 0.2) is 18.2 Å². The molecule has 4 heteroatoms. The maximum atomic E-state index is 13.0. The summed E-state index contributed by atoms with van der Waals surface area (Å²) in [6, 6.07) is 3.78. The number of phenolic OH excluding ortho intramolecular Hbond substituents is 1. The SMILES string of the molecule is C[C@@H](CCO)[C@H](O)c1ccc(O)c(F)c1. The van der Waals surface area contributed by atoms with Crippen LogP contribution < -0.4 is 0 Å². The summed E-state index contributed by atoms with van der Waals surface area (Å²) >= 11 is 0. The van der Waals surface area contributed by atoms with E-state index in [4.69, 9.17) is 10.2 Å². The first-order valence-electron chi connectivity index (χ1n) is 4.83. The van der Waals surface area contributed by atoms with Crippen molar-refractivity contribution in [3.05, 3.63) is 29.6 Å². The van der Waals surface area contributed by atoms with Gasteiger partial charge in [-0.2, -0.15) is 0 Å². The summed E-state index contributed by atoms with van der Waals surface area (Å²) in [5, 5.41) is 27.5. The Bertz CT molecular complexity index is 328. The van der Waals surface area contributed by atoms with E-state index < -0.39 is 17.7 Å². The van der Waals surface area contributed by atoms with E-state index in [1.54, 1.807) is 6.92 Å². The van der Waals surface area contributed by atoms with E-state index in [9.17, 15) is 9.50 Å². The topological polar surface area (TPSA) is 60.7 Å². The second-order valence-corrected chi connectivity index (χ2v) is 3.65. The highest BCUT2D eigenvalue weighted by atomic mass is 19.1. The predicted octanol–water partition coefficient (Wildman–Crippen LogP) is 1.58. The molecular weight excluding hydrogens is 199 g/mol. The number of hydrogen-bond donors (Lipinski definition) is 3. The lowest BCUT2D eigenvalue weighted by Gasteiger charge is -2.18. The number of aliphatic hydroxyl groups is 2. The summed E-state index contributed by atoms with van der Waals surface area (Å²) in [5.74, 6) is -1.33. The lowest BCUT2D eigenvalue weighted by atomic mass is 9.95. The van der Waals surface area contributed by atoms with Crippen molar-refractivity contribution in [2.24, 2.45) is 5.92 Å². The molecule has 1 aromatic carbocycles. The van der Waals surface area contributed by atoms with E-state index in [-0.39, 0.29) is 12.5 Å². The van der Waals surface area contributed by atoms with E-state index in [0.29, 0.717) is 12.0 Å². The number of hydrogen-bond acceptors (Lipinski definition) is 3. The lowest BCUT2D eigenvalue weighted by Crippen LogP contribution is -2.10. The largest absolute Gasteiger partial charge is 0.505 e. The van der Waals surface area contributed by atoms with Crippen molar-refractivity contribution in [1.82, 2.24) is 0 Å². The molecule has 1 aromatic rings. The first-order chi connectivity index (χ1) is 7.06. The second-order valence-electron chi connectivity index (χ2n) is 3.65. The predicted molar refractivity (Wildman–Crippen MR) is 53.9 cm³/mol. The van der Waals surface area contributed by atoms with Gasteiger partial charge >= 0.3 is 0 Å². The van der Waals surface area contributed by atoms with Gasteiger partial charge in [-0.15, -0.1) is 0 Å². The summed E-state index contributed by atoms with van der Waals surface area (Å²) in [6.45, 7) is 1.75. The zero-order valence-corrected chi connectivity index (χ0v) is 8.52. The number of benzene rings is 1. The van der Waals surface area contributed by atoms with Crippen molar-refractivity contribution in [3.8, 4) is 5.75 Å². The van der Waals surface area contributed by atoms with Gasteiger partial charge in [-0.3, -0.25) is 0 Å². The van der Waals surface area contributed by atoms with Crippen LogP contribution in [0.2, 0.25) is 0 Å². The molecule has 3 N–H and O–H groups in total. The highest BCUT2D eigenvalue weighted by Gasteiger charge is 2.17. The average Bonchev–Trinajstić information content (AvgIpc) is 2.21. The fraction of sp³-hybridized carbons (Fsp3) is 0.455. The zero-order valence-electron chi connectivity index (χ0n) is 8.52. The van der Waals surface area contributed by atoms with Crippen molar-refractivity contribution in [3.63, 3.8) is 0 Å². The molecule has 0 fully saturated rings. The molecule has 0 amide bonds. The summed E-state index contributed by atoms with van der Waals surface area (Å²) in [4.78, 5) is 0. The minimum Gasteiger partial charge on any atom is -0.505 e. The molecule has 0 bridgehead atoms. The maximum Gasteiger partial charge on any atom is 0.165 e. The fourth-order valence-electron chi connectivity index (χ4n) is 1.40. The molecule has 84 valence electrons. The Hall–Kier alpha value is -1.13. The molecule has 0 aliphatic rings. The Balaban J connectivity index is 2.81. The van der Waals surface area contributed by atoms with Crippen LogP contribution in [-0.4, -0.2) is 21.9 Å². The van der Waals surface area contributed by atoms with Gasteiger partial charge in [0, 0.05) is 6.61 Å². The molecule has 15 heavy (non-hydrogen) atoms. The number of rotatable bonds is 4. The van der Waals surface area contributed by atoms with Crippen molar-refractivity contribution in [2.75, 3.05) is 6.61 Å². The average molecular weight is 214 g/mol. The van der Waals surface area contributed by atoms with Crippen LogP contribution in [0, 0.1) is 11.7 Å². The van der Waals surface area contributed by atoms with Gasteiger partial charge in [-0.25, -0.2) is 4.39 Å². The molecule has 0 heterocycles. The molecule has 0 aliphatic carbocycles. The minimum atomic E-state index is -0.827. The quantitative estimate of drug-likeness (QED) is 0.713. The second kappa shape index (κ2) is 5.09. The Morgan fingerprint density at radius 2 is 2.07 bits per heavy atom. The summed E-state index contributed by atoms with van der Waals surface area (Å²) < 4.78 is 13.0. The van der Waals surface area contributed by atoms with Crippen LogP contribution in [0.5, 0.6) is 5.75 Å². The van der Waals surface area contributed by atoms with Gasteiger partial charge in [0.1, 0.15) is 0 Å². The molecule has 2 atom stereocenters. The van der Waals surface area contributed by atoms with Gasteiger partial charge in [-0.1, -0.05) is 13.0 Å². The first kappa shape index (κ1) is 11.9. The molecule has 0 spiro atoms. The fourth-order valence-corrected chi connectivity index (χ4v) is 1.40. The molecule has 0 radical (unpaired) electrons. The van der Waals surface area contributed by atoms with E-state index >= 15 is 0 Å². The summed E-state index contributed by atoms with van der Waals surface area (Å²) in [7, 11) is 0. The van der Waals surface area contributed by atoms with Gasteiger partial charge in [0.05, 0.1) is 6.10 Å². The van der Waals surface area contributed by atoms with Gasteiger partial charge in [0.15, 0.2) is 11.6 Å². The van der Waals surface area contributed by atoms with Crippen LogP contribution >= 0.6 is 0 Å². The monoisotopic (exact) mass is 214 g/mol. The van der Waals surface area contributed by atoms with Gasteiger partial charge in [0.2, 0.25) is 0 Å². The van der Waals surface area contributed by atoms with Crippen LogP contribution in [0.4, 0.5) is 4.39 Å². The third-order valence-corrected chi connectivity index (χ3v) is 2.44. The molecule has 0 saturated carbocycles. The Labute approximate surface area is 87.8 Å². The van der Waals surface area contributed by atoms with E-state index in [2.05, 4.69) is 0 Å². The van der Waals surface area contributed by atoms with E-state index in [0.717, 1.165) is 6.07 Å². The van der Waals surface area contributed by atoms with Gasteiger partial charge < -0.3 is 15.3 Å². The van der Waals surface area contributed by atoms with Crippen molar-refractivity contribution < 1.29 is 19.7 Å². The van der Waals surface area contributed by atoms with Gasteiger partial charge in [0.25, 0.3) is 0 Å². The lowest BCUT2D eigenvalue weighted by molar-refractivity contribution is 0.0987. The molecule has 0 aliphatic heterocycles. The Morgan fingerprint density at radius 1 is 1.40 bits per heavy atom. The van der Waals surface area contributed by atoms with E-state index in [1.165, 1.54) is 12.1 Å². The molecule has 0 aromatic heterocycles. The third-order valence-electron chi connectivity index (χ3n) is 2.44. The molecule has 0 unspecified atom stereocenters. The highest BCUT2D eigenvalue weighted by Crippen LogP contribution is 2.27. The number of aliphatic hydroxyl groups excluding tert-OH is 2. The molecule has 1 rings (SSSR count). The van der Waals surface area contributed by atoms with Crippen LogP contribution in [0.25, 0.3) is 0 Å². The standard InChI is InChI=1S/C11H15FO3/c1-7(4-5-13)11(15)8-2-3-10(14)9(12)6-8/h2-3,6-7,11,13-15H,4-5H2,1H3/t7-,11-/m0/s1. The summed E-state index contributed by atoms with van der Waals surface area (Å²) in [5.41, 5.74) is 0.409. The van der Waals surface area contributed by atoms with Crippen molar-refractivity contribution in [1.29, 1.82) is 0 Å². The number of phenols is 1. The normalized spacial score (nSPS) is 14.9. The zero-order chi connectivity index (χ0) is 11.4. The molecular formula is C11H15FO3. The van der Waals surface area contributed by atoms with E-state index in [1.807, 2.05) is 0 Å². The summed E-state index contributed by atoms with van der Waals surface area (Å²) in [6.07, 6.45) is -0.379. The maximum absolute atomic E-state index is 13.0. The number of aromatic hydroxyl groups is 1. The molecule has 0 saturated heterocycles. The number of halogens is 1. The minimum absolute atomic E-state index is 0.0151. The smallest absolute Gasteiger partial charge is 0.165 e. The van der Waals surface area contributed by atoms with Crippen LogP contribution in [0.3, 0.4) is 0 Å². The highest BCUT2D eigenvalue weighted by molar-refractivity contribution is 5.29.